The van der Waals surface area contributed by atoms with E-state index >= 15 is 0 Å². The second-order valence-electron chi connectivity index (χ2n) is 7.13. The molecule has 0 atom stereocenters. The quantitative estimate of drug-likeness (QED) is 0.205. The maximum atomic E-state index is 12.4. The zero-order valence-corrected chi connectivity index (χ0v) is 20.1. The van der Waals surface area contributed by atoms with Gasteiger partial charge in [-0.15, -0.1) is 10.2 Å². The van der Waals surface area contributed by atoms with Gasteiger partial charge in [0.2, 0.25) is 0 Å². The highest BCUT2D eigenvalue weighted by atomic mass is 32.2. The van der Waals surface area contributed by atoms with Crippen LogP contribution in [0.3, 0.4) is 0 Å². The molecule has 10 heteroatoms. The molecule has 2 aromatic carbocycles. The third kappa shape index (κ3) is 6.04. The van der Waals surface area contributed by atoms with Crippen LogP contribution in [-0.2, 0) is 4.79 Å². The standard InChI is InChI=1S/C25H24N6O3S/c1-3-34-21-12-10-20(11-13-21)31-24(19-8-6-14-26-15-19)29-30-25(31)35-17-23(32)28-27-16-18-7-4-5-9-22(18)33-2/h4-16H,3,17H2,1-2H3,(H,28,32)/b27-16+. The van der Waals surface area contributed by atoms with Gasteiger partial charge in [-0.25, -0.2) is 5.43 Å². The number of ether oxygens (including phenoxy) is 2. The summed E-state index contributed by atoms with van der Waals surface area (Å²) >= 11 is 1.26. The third-order valence-corrected chi connectivity index (χ3v) is 5.75. The van der Waals surface area contributed by atoms with Gasteiger partial charge in [0.05, 0.1) is 25.7 Å². The van der Waals surface area contributed by atoms with Crippen LogP contribution < -0.4 is 14.9 Å². The number of benzene rings is 2. The second-order valence-corrected chi connectivity index (χ2v) is 8.08. The molecule has 4 rings (SSSR count). The number of hydrogen-bond donors (Lipinski definition) is 1. The summed E-state index contributed by atoms with van der Waals surface area (Å²) in [5.74, 6) is 1.90. The smallest absolute Gasteiger partial charge is 0.250 e. The van der Waals surface area contributed by atoms with Gasteiger partial charge in [-0.2, -0.15) is 5.10 Å². The monoisotopic (exact) mass is 488 g/mol. The third-order valence-electron chi connectivity index (χ3n) is 4.82. The number of aromatic nitrogens is 4. The average Bonchev–Trinajstić information content (AvgIpc) is 3.33. The minimum absolute atomic E-state index is 0.103. The van der Waals surface area contributed by atoms with E-state index in [2.05, 4.69) is 25.7 Å². The van der Waals surface area contributed by atoms with Crippen LogP contribution in [0.4, 0.5) is 0 Å². The zero-order chi connectivity index (χ0) is 24.5. The van der Waals surface area contributed by atoms with Gasteiger partial charge in [0.1, 0.15) is 11.5 Å². The number of amides is 1. The Hall–Kier alpha value is -4.18. The van der Waals surface area contributed by atoms with Crippen molar-refractivity contribution in [1.82, 2.24) is 25.2 Å². The van der Waals surface area contributed by atoms with Gasteiger partial charge in [0.25, 0.3) is 5.91 Å². The Kier molecular flexibility index (Phi) is 8.08. The number of methoxy groups -OCH3 is 1. The van der Waals surface area contributed by atoms with E-state index in [1.54, 1.807) is 25.7 Å². The van der Waals surface area contributed by atoms with Crippen molar-refractivity contribution in [1.29, 1.82) is 0 Å². The van der Waals surface area contributed by atoms with Crippen LogP contribution in [0.25, 0.3) is 17.1 Å². The highest BCUT2D eigenvalue weighted by molar-refractivity contribution is 7.99. The van der Waals surface area contributed by atoms with E-state index in [9.17, 15) is 4.79 Å². The van der Waals surface area contributed by atoms with E-state index in [0.717, 1.165) is 22.6 Å². The van der Waals surface area contributed by atoms with E-state index in [-0.39, 0.29) is 11.7 Å². The number of pyridine rings is 1. The normalized spacial score (nSPS) is 10.9. The van der Waals surface area contributed by atoms with Crippen molar-refractivity contribution in [3.8, 4) is 28.6 Å². The van der Waals surface area contributed by atoms with E-state index < -0.39 is 0 Å². The predicted octanol–water partition coefficient (Wildman–Crippen LogP) is 3.98. The Morgan fingerprint density at radius 1 is 1.11 bits per heavy atom. The van der Waals surface area contributed by atoms with Crippen LogP contribution in [0.5, 0.6) is 11.5 Å². The van der Waals surface area contributed by atoms with Gasteiger partial charge in [0.15, 0.2) is 11.0 Å². The first-order chi connectivity index (χ1) is 17.2. The molecule has 0 fully saturated rings. The Balaban J connectivity index is 1.50. The Morgan fingerprint density at radius 2 is 1.94 bits per heavy atom. The van der Waals surface area contributed by atoms with Gasteiger partial charge < -0.3 is 9.47 Å². The molecule has 35 heavy (non-hydrogen) atoms. The molecule has 2 aromatic heterocycles. The van der Waals surface area contributed by atoms with E-state index in [1.807, 2.05) is 72.2 Å². The van der Waals surface area contributed by atoms with Crippen LogP contribution in [0.15, 0.2) is 83.3 Å². The lowest BCUT2D eigenvalue weighted by Crippen LogP contribution is -2.20. The van der Waals surface area contributed by atoms with Crippen molar-refractivity contribution in [2.24, 2.45) is 5.10 Å². The van der Waals surface area contributed by atoms with Gasteiger partial charge >= 0.3 is 0 Å². The fourth-order valence-electron chi connectivity index (χ4n) is 3.25. The molecule has 9 nitrogen and oxygen atoms in total. The van der Waals surface area contributed by atoms with Crippen molar-refractivity contribution in [2.75, 3.05) is 19.5 Å². The minimum Gasteiger partial charge on any atom is -0.496 e. The van der Waals surface area contributed by atoms with Gasteiger partial charge in [-0.1, -0.05) is 23.9 Å². The van der Waals surface area contributed by atoms with E-state index in [0.29, 0.717) is 23.3 Å². The zero-order valence-electron chi connectivity index (χ0n) is 19.3. The number of nitrogens with zero attached hydrogens (tertiary/aromatic N) is 5. The van der Waals surface area contributed by atoms with Crippen molar-refractivity contribution >= 4 is 23.9 Å². The van der Waals surface area contributed by atoms with Crippen molar-refractivity contribution in [2.45, 2.75) is 12.1 Å². The summed E-state index contributed by atoms with van der Waals surface area (Å²) in [5, 5.41) is 13.3. The molecule has 0 aliphatic carbocycles. The molecule has 0 bridgehead atoms. The summed E-state index contributed by atoms with van der Waals surface area (Å²) in [6, 6.07) is 18.8. The number of para-hydroxylation sites is 1. The van der Waals surface area contributed by atoms with Crippen LogP contribution in [0.2, 0.25) is 0 Å². The molecule has 4 aromatic rings. The lowest BCUT2D eigenvalue weighted by Gasteiger charge is -2.11. The maximum absolute atomic E-state index is 12.4. The highest BCUT2D eigenvalue weighted by Crippen LogP contribution is 2.28. The Morgan fingerprint density at radius 3 is 2.69 bits per heavy atom. The molecule has 0 spiro atoms. The largest absolute Gasteiger partial charge is 0.496 e. The Labute approximate surface area is 207 Å². The van der Waals surface area contributed by atoms with Crippen molar-refractivity contribution in [3.05, 3.63) is 78.6 Å². The maximum Gasteiger partial charge on any atom is 0.250 e. The fraction of sp³-hybridized carbons (Fsp3) is 0.160. The summed E-state index contributed by atoms with van der Waals surface area (Å²) < 4.78 is 12.7. The average molecular weight is 489 g/mol. The van der Waals surface area contributed by atoms with Crippen LogP contribution in [-0.4, -0.2) is 51.3 Å². The second kappa shape index (κ2) is 11.8. The summed E-state index contributed by atoms with van der Waals surface area (Å²) in [4.78, 5) is 16.6. The lowest BCUT2D eigenvalue weighted by atomic mass is 10.2. The predicted molar refractivity (Wildman–Crippen MR) is 135 cm³/mol. The molecule has 2 heterocycles. The molecule has 0 aliphatic rings. The van der Waals surface area contributed by atoms with E-state index in [1.165, 1.54) is 11.8 Å². The number of carbonyl (C=O) groups is 1. The first kappa shape index (κ1) is 24.0. The number of carbonyl (C=O) groups excluding carboxylic acids is 1. The SMILES string of the molecule is CCOc1ccc(-n2c(SCC(=O)N/N=C/c3ccccc3OC)nnc2-c2cccnc2)cc1. The molecule has 1 N–H and O–H groups in total. The number of hydrogen-bond acceptors (Lipinski definition) is 8. The van der Waals surface area contributed by atoms with Crippen LogP contribution in [0, 0.1) is 0 Å². The van der Waals surface area contributed by atoms with E-state index in [4.69, 9.17) is 9.47 Å². The summed E-state index contributed by atoms with van der Waals surface area (Å²) in [6.07, 6.45) is 4.97. The molecule has 0 saturated carbocycles. The molecule has 0 saturated heterocycles. The van der Waals surface area contributed by atoms with Crippen molar-refractivity contribution < 1.29 is 14.3 Å². The molecule has 178 valence electrons. The van der Waals surface area contributed by atoms with Crippen LogP contribution >= 0.6 is 11.8 Å². The minimum atomic E-state index is -0.273. The number of nitrogens with one attached hydrogen (secondary N) is 1. The highest BCUT2D eigenvalue weighted by Gasteiger charge is 2.17. The first-order valence-corrected chi connectivity index (χ1v) is 11.8. The lowest BCUT2D eigenvalue weighted by molar-refractivity contribution is -0.118. The molecular weight excluding hydrogens is 464 g/mol. The van der Waals surface area contributed by atoms with Gasteiger partial charge in [-0.05, 0) is 55.5 Å². The molecule has 0 aliphatic heterocycles. The number of hydrazone groups is 1. The Bertz CT molecular complexity index is 1290. The van der Waals surface area contributed by atoms with Crippen molar-refractivity contribution in [3.63, 3.8) is 0 Å². The van der Waals surface area contributed by atoms with Crippen LogP contribution in [0.1, 0.15) is 12.5 Å². The molecule has 0 radical (unpaired) electrons. The summed E-state index contributed by atoms with van der Waals surface area (Å²) in [6.45, 7) is 2.52. The molecule has 1 amide bonds. The fourth-order valence-corrected chi connectivity index (χ4v) is 3.99. The number of thioether (sulfide) groups is 1. The topological polar surface area (TPSA) is 104 Å². The van der Waals surface area contributed by atoms with Gasteiger partial charge in [0, 0.05) is 29.2 Å². The summed E-state index contributed by atoms with van der Waals surface area (Å²) in [5.41, 5.74) is 4.96. The molecular formula is C25H24N6O3S. The summed E-state index contributed by atoms with van der Waals surface area (Å²) in [7, 11) is 1.59. The first-order valence-electron chi connectivity index (χ1n) is 10.9. The number of rotatable bonds is 10. The van der Waals surface area contributed by atoms with Gasteiger partial charge in [-0.3, -0.25) is 14.3 Å². The molecule has 0 unspecified atom stereocenters.